The van der Waals surface area contributed by atoms with Gasteiger partial charge in [-0.2, -0.15) is 10.2 Å². The average Bonchev–Trinajstić information content (AvgIpc) is 3.76. The van der Waals surface area contributed by atoms with Crippen LogP contribution in [0.3, 0.4) is 0 Å². The number of nitrogens with one attached hydrogen (secondary N) is 1. The fourth-order valence-corrected chi connectivity index (χ4v) is 8.56. The third kappa shape index (κ3) is 5.69. The number of likely N-dealkylation sites (tertiary alicyclic amines) is 1. The Bertz CT molecular complexity index is 2010. The molecule has 10 heteroatoms. The van der Waals surface area contributed by atoms with Gasteiger partial charge in [-0.25, -0.2) is 14.4 Å². The number of anilines is 2. The summed E-state index contributed by atoms with van der Waals surface area (Å²) in [5, 5.41) is 15.2. The van der Waals surface area contributed by atoms with E-state index in [2.05, 4.69) is 56.3 Å². The van der Waals surface area contributed by atoms with E-state index in [4.69, 9.17) is 10.1 Å². The van der Waals surface area contributed by atoms with Gasteiger partial charge in [0.15, 0.2) is 0 Å². The molecule has 4 aromatic heterocycles. The quantitative estimate of drug-likeness (QED) is 0.184. The van der Waals surface area contributed by atoms with Crippen molar-refractivity contribution in [1.82, 2.24) is 34.4 Å². The van der Waals surface area contributed by atoms with E-state index in [0.717, 1.165) is 70.0 Å². The summed E-state index contributed by atoms with van der Waals surface area (Å²) in [5.41, 5.74) is 6.73. The number of fused-ring (bicyclic) bond motifs is 6. The van der Waals surface area contributed by atoms with Crippen molar-refractivity contribution in [3.05, 3.63) is 83.8 Å². The second kappa shape index (κ2) is 12.6. The van der Waals surface area contributed by atoms with Crippen LogP contribution in [0.1, 0.15) is 55.8 Å². The van der Waals surface area contributed by atoms with Crippen molar-refractivity contribution in [3.8, 4) is 10.4 Å². The minimum absolute atomic E-state index is 0.235. The average molecular weight is 635 g/mol. The van der Waals surface area contributed by atoms with Crippen molar-refractivity contribution in [3.63, 3.8) is 0 Å². The van der Waals surface area contributed by atoms with Crippen LogP contribution in [0, 0.1) is 11.7 Å². The Hall–Kier alpha value is -4.15. The maximum absolute atomic E-state index is 13.7. The van der Waals surface area contributed by atoms with Crippen LogP contribution < -0.4 is 5.32 Å². The molecule has 1 aliphatic heterocycles. The Morgan fingerprint density at radius 2 is 1.89 bits per heavy atom. The van der Waals surface area contributed by atoms with Crippen molar-refractivity contribution < 1.29 is 4.39 Å². The minimum Gasteiger partial charge on any atom is -0.340 e. The molecule has 0 amide bonds. The lowest BCUT2D eigenvalue weighted by atomic mass is 9.94. The van der Waals surface area contributed by atoms with Crippen molar-refractivity contribution in [2.24, 2.45) is 5.92 Å². The lowest BCUT2D eigenvalue weighted by Gasteiger charge is -2.28. The lowest BCUT2D eigenvalue weighted by molar-refractivity contribution is 0.208. The summed E-state index contributed by atoms with van der Waals surface area (Å²) in [6, 6.07) is 12.9. The number of aryl methyl sites for hydroxylation is 1. The second-order valence-electron chi connectivity index (χ2n) is 12.8. The van der Waals surface area contributed by atoms with Crippen molar-refractivity contribution in [1.29, 1.82) is 0 Å². The fourth-order valence-electron chi connectivity index (χ4n) is 7.34. The van der Waals surface area contributed by atoms with Crippen LogP contribution in [0.2, 0.25) is 0 Å². The van der Waals surface area contributed by atoms with Crippen LogP contribution in [0.25, 0.3) is 31.6 Å². The zero-order valence-corrected chi connectivity index (χ0v) is 27.1. The third-order valence-corrected chi connectivity index (χ3v) is 11.1. The van der Waals surface area contributed by atoms with Crippen LogP contribution in [-0.2, 0) is 25.9 Å². The van der Waals surface area contributed by atoms with E-state index in [1.165, 1.54) is 73.0 Å². The molecule has 1 atom stereocenters. The van der Waals surface area contributed by atoms with Crippen LogP contribution >= 0.6 is 11.3 Å². The largest absolute Gasteiger partial charge is 0.340 e. The number of hydrogen-bond acceptors (Lipinski definition) is 7. The van der Waals surface area contributed by atoms with Gasteiger partial charge in [0.25, 0.3) is 0 Å². The molecule has 2 aliphatic rings. The summed E-state index contributed by atoms with van der Waals surface area (Å²) >= 11 is 1.75. The third-order valence-electron chi connectivity index (χ3n) is 9.91. The van der Waals surface area contributed by atoms with Gasteiger partial charge in [-0.1, -0.05) is 38.3 Å². The number of thiophene rings is 1. The Kier molecular flexibility index (Phi) is 7.99. The molecule has 0 spiro atoms. The topological polar surface area (TPSA) is 76.7 Å². The van der Waals surface area contributed by atoms with Crippen LogP contribution in [0.5, 0.6) is 0 Å². The van der Waals surface area contributed by atoms with E-state index in [1.807, 2.05) is 16.9 Å². The van der Waals surface area contributed by atoms with Gasteiger partial charge in [0.05, 0.1) is 36.4 Å². The fraction of sp³-hybridized carbons (Fsp3) is 0.389. The molecule has 0 bridgehead atoms. The first-order chi connectivity index (χ1) is 22.6. The molecule has 2 aromatic carbocycles. The van der Waals surface area contributed by atoms with Gasteiger partial charge in [0.1, 0.15) is 22.8 Å². The van der Waals surface area contributed by atoms with E-state index >= 15 is 0 Å². The summed E-state index contributed by atoms with van der Waals surface area (Å²) in [5.74, 6) is 1.47. The van der Waals surface area contributed by atoms with Crippen molar-refractivity contribution in [2.45, 2.75) is 65.0 Å². The van der Waals surface area contributed by atoms with Crippen LogP contribution in [-0.4, -0.2) is 54.1 Å². The molecule has 1 fully saturated rings. The van der Waals surface area contributed by atoms with E-state index in [0.29, 0.717) is 6.54 Å². The van der Waals surface area contributed by atoms with Gasteiger partial charge >= 0.3 is 0 Å². The van der Waals surface area contributed by atoms with E-state index in [-0.39, 0.29) is 5.82 Å². The number of aromatic nitrogens is 6. The highest BCUT2D eigenvalue weighted by Gasteiger charge is 2.27. The summed E-state index contributed by atoms with van der Waals surface area (Å²) in [4.78, 5) is 14.3. The standard InChI is InChI=1S/C36H39FN8S/c1-2-24-6-3-4-14-43(15-13-24)16-17-44-32-12-10-29-33-35(38-23-39-36(33)46-34(29)30(32)21-41-44)42-28-9-11-31-26(19-28)20-40-45(31)22-25-7-5-8-27(37)18-25/h5,7-9,11,18-21,23-24H,2-4,6,10,12-17,22H2,1H3,(H,38,39,42). The van der Waals surface area contributed by atoms with E-state index in [1.54, 1.807) is 29.8 Å². The van der Waals surface area contributed by atoms with Gasteiger partial charge in [-0.15, -0.1) is 11.3 Å². The van der Waals surface area contributed by atoms with Gasteiger partial charge < -0.3 is 10.2 Å². The molecular formula is C36H39FN8S. The molecule has 1 N–H and O–H groups in total. The predicted octanol–water partition coefficient (Wildman–Crippen LogP) is 7.84. The van der Waals surface area contributed by atoms with Gasteiger partial charge in [-0.05, 0) is 86.1 Å². The van der Waals surface area contributed by atoms with Crippen LogP contribution in [0.4, 0.5) is 15.9 Å². The minimum atomic E-state index is -0.235. The molecule has 1 unspecified atom stereocenters. The maximum atomic E-state index is 13.7. The molecule has 6 aromatic rings. The summed E-state index contributed by atoms with van der Waals surface area (Å²) in [6.45, 7) is 7.28. The highest BCUT2D eigenvalue weighted by molar-refractivity contribution is 7.22. The van der Waals surface area contributed by atoms with Gasteiger partial charge in [0, 0.05) is 33.8 Å². The zero-order valence-electron chi connectivity index (χ0n) is 26.3. The predicted molar refractivity (Wildman–Crippen MR) is 183 cm³/mol. The van der Waals surface area contributed by atoms with E-state index in [9.17, 15) is 4.39 Å². The molecule has 8 nitrogen and oxygen atoms in total. The normalized spacial score (nSPS) is 17.1. The molecule has 46 heavy (non-hydrogen) atoms. The number of benzene rings is 2. The number of halogens is 1. The summed E-state index contributed by atoms with van der Waals surface area (Å²) in [7, 11) is 0. The molecule has 0 saturated carbocycles. The van der Waals surface area contributed by atoms with Gasteiger partial charge in [0.2, 0.25) is 0 Å². The molecule has 1 aliphatic carbocycles. The molecule has 1 saturated heterocycles. The molecule has 8 rings (SSSR count). The maximum Gasteiger partial charge on any atom is 0.142 e. The highest BCUT2D eigenvalue weighted by atomic mass is 32.1. The first kappa shape index (κ1) is 29.3. The molecule has 236 valence electrons. The molecular weight excluding hydrogens is 596 g/mol. The number of nitrogens with zero attached hydrogens (tertiary/aromatic N) is 7. The monoisotopic (exact) mass is 634 g/mol. The highest BCUT2D eigenvalue weighted by Crippen LogP contribution is 2.45. The zero-order chi connectivity index (χ0) is 31.0. The molecule has 0 radical (unpaired) electrons. The summed E-state index contributed by atoms with van der Waals surface area (Å²) in [6.07, 6.45) is 14.2. The first-order valence-electron chi connectivity index (χ1n) is 16.6. The number of hydrogen-bond donors (Lipinski definition) is 1. The number of rotatable bonds is 8. The van der Waals surface area contributed by atoms with Crippen LogP contribution in [0.15, 0.2) is 61.2 Å². The Balaban J connectivity index is 1.02. The van der Waals surface area contributed by atoms with Crippen molar-refractivity contribution in [2.75, 3.05) is 25.0 Å². The SMILES string of the molecule is CCC1CCCCN(CCn2ncc3c2CCc2c-3sc3ncnc(Nc4ccc5c(cnn5Cc5cccc(F)c5)c4)c23)CC1. The lowest BCUT2D eigenvalue weighted by Crippen LogP contribution is -2.32. The molecule has 5 heterocycles. The first-order valence-corrected chi connectivity index (χ1v) is 17.5. The van der Waals surface area contributed by atoms with Crippen molar-refractivity contribution >= 4 is 44.0 Å². The Morgan fingerprint density at radius 1 is 0.957 bits per heavy atom. The second-order valence-corrected chi connectivity index (χ2v) is 13.8. The Morgan fingerprint density at radius 3 is 2.80 bits per heavy atom. The summed E-state index contributed by atoms with van der Waals surface area (Å²) < 4.78 is 17.9. The Labute approximate surface area is 272 Å². The van der Waals surface area contributed by atoms with Gasteiger partial charge in [-0.3, -0.25) is 9.36 Å². The van der Waals surface area contributed by atoms with E-state index < -0.39 is 0 Å². The smallest absolute Gasteiger partial charge is 0.142 e.